The second kappa shape index (κ2) is 42.0. The SMILES string of the molecule is C#CCO[C@H]1CC2CCC1CC2.CCCCCCOc1nsnc1C1=CCCN(C)C1.CCOC(=O)C1=CCCN(C)C1.CCn1nnc(C2=CCCN(C)C2)n1.CO/N=C(\C#N)C1CN2CCC1CC2.CO/N=C/C1=CCCN(C)C1.C[C@@H]1CSC2(CC3CCC2CC3)O1. The van der Waals surface area contributed by atoms with Gasteiger partial charge in [-0.1, -0.05) is 66.7 Å². The first-order valence-corrected chi connectivity index (χ1v) is 37.5. The lowest BCUT2D eigenvalue weighted by atomic mass is 9.68. The van der Waals surface area contributed by atoms with Crippen molar-refractivity contribution in [3.05, 3.63) is 47.0 Å². The van der Waals surface area contributed by atoms with Gasteiger partial charge in [0.25, 0.3) is 5.88 Å². The molecule has 2 unspecified atom stereocenters. The minimum Gasteiger partial charge on any atom is -0.475 e. The number of carbonyl (C=O) groups excluding carboxylic acids is 1. The number of hydrogen-bond donors (Lipinski definition) is 0. The molecule has 0 radical (unpaired) electrons. The van der Waals surface area contributed by atoms with E-state index in [4.69, 9.17) is 35.5 Å². The number of thioether (sulfide) groups is 1. The molecule has 1 spiro atoms. The Kier molecular flexibility index (Phi) is 34.2. The number of aromatic nitrogens is 6. The second-order valence-corrected chi connectivity index (χ2v) is 29.2. The summed E-state index contributed by atoms with van der Waals surface area (Å²) < 4.78 is 31.2. The number of esters is 1. The van der Waals surface area contributed by atoms with E-state index in [9.17, 15) is 4.79 Å². The molecule has 10 fully saturated rings. The molecule has 0 aromatic carbocycles. The number of piperidine rings is 3. The van der Waals surface area contributed by atoms with Crippen molar-refractivity contribution in [3.63, 3.8) is 0 Å². The van der Waals surface area contributed by atoms with Gasteiger partial charge in [0.15, 0.2) is 5.71 Å². The molecule has 4 saturated heterocycles. The molecule has 16 rings (SSSR count). The third kappa shape index (κ3) is 25.3. The fourth-order valence-electron chi connectivity index (χ4n) is 14.8. The van der Waals surface area contributed by atoms with Gasteiger partial charge in [0.1, 0.15) is 37.5 Å². The van der Waals surface area contributed by atoms with Gasteiger partial charge in [-0.2, -0.15) is 14.4 Å². The summed E-state index contributed by atoms with van der Waals surface area (Å²) in [6.07, 6.45) is 42.1. The molecular formula is C72H116N14O7S2. The number of hydrogen-bond acceptors (Lipinski definition) is 22. The van der Waals surface area contributed by atoms with Crippen LogP contribution in [0.15, 0.2) is 45.8 Å². The summed E-state index contributed by atoms with van der Waals surface area (Å²) in [5.74, 6) is 9.71. The van der Waals surface area contributed by atoms with E-state index < -0.39 is 0 Å². The topological polar surface area (TPSA) is 207 Å². The fourth-order valence-corrected chi connectivity index (χ4v) is 17.0. The molecule has 6 aliphatic carbocycles. The molecule has 2 aromatic rings. The predicted octanol–water partition coefficient (Wildman–Crippen LogP) is 11.4. The highest BCUT2D eigenvalue weighted by molar-refractivity contribution is 8.00. The quantitative estimate of drug-likeness (QED) is 0.0474. The molecule has 21 nitrogen and oxygen atoms in total. The Balaban J connectivity index is 0.000000158. The first-order valence-electron chi connectivity index (χ1n) is 35.8. The molecule has 6 bridgehead atoms. The van der Waals surface area contributed by atoms with Crippen molar-refractivity contribution >= 4 is 52.5 Å². The van der Waals surface area contributed by atoms with Gasteiger partial charge in [-0.15, -0.1) is 32.8 Å². The lowest BCUT2D eigenvalue weighted by Gasteiger charge is -2.48. The molecule has 0 N–H and O–H groups in total. The average Bonchev–Trinajstić information content (AvgIpc) is 1.60. The van der Waals surface area contributed by atoms with Crippen LogP contribution in [0.4, 0.5) is 0 Å². The minimum atomic E-state index is -0.163. The van der Waals surface area contributed by atoms with E-state index in [0.717, 1.165) is 151 Å². The Labute approximate surface area is 578 Å². The van der Waals surface area contributed by atoms with Crippen LogP contribution in [0.1, 0.15) is 168 Å². The number of aryl methyl sites for hydroxylation is 1. The smallest absolute Gasteiger partial charge is 0.334 e. The zero-order valence-electron chi connectivity index (χ0n) is 59.5. The second-order valence-electron chi connectivity index (χ2n) is 27.4. The van der Waals surface area contributed by atoms with Gasteiger partial charge in [0.05, 0.1) is 49.9 Å². The van der Waals surface area contributed by atoms with E-state index >= 15 is 0 Å². The highest BCUT2D eigenvalue weighted by Crippen LogP contribution is 2.57. The zero-order chi connectivity index (χ0) is 67.8. The molecule has 95 heavy (non-hydrogen) atoms. The van der Waals surface area contributed by atoms with Crippen LogP contribution in [0.2, 0.25) is 0 Å². The summed E-state index contributed by atoms with van der Waals surface area (Å²) in [6.45, 7) is 22.1. The summed E-state index contributed by atoms with van der Waals surface area (Å²) in [6, 6.07) is 2.16. The van der Waals surface area contributed by atoms with E-state index in [1.54, 1.807) is 18.1 Å². The van der Waals surface area contributed by atoms with E-state index in [-0.39, 0.29) is 10.9 Å². The summed E-state index contributed by atoms with van der Waals surface area (Å²) in [5.41, 5.74) is 6.00. The number of rotatable bonds is 17. The normalized spacial score (nSPS) is 28.5. The molecule has 528 valence electrons. The Morgan fingerprint density at radius 1 is 0.789 bits per heavy atom. The standard InChI is InChI=1S/C14H23N3OS.C11H18OS.C11H16O.C10H15N3O.C9H15N5.C9H15NO2.C8H14N2O/c1-3-4-5-6-10-18-14-13(15-19-16-14)12-8-7-9-17(2)11-12;1-8-7-13-11(12-8)6-9-2-4-10(11)5-3-9;1-2-7-12-11-8-9-3-5-10(11)6-4-9;1-14-12-10(6-11)9-7-13-4-2-8(9)3-5-13;1-3-14-11-9(10-12-14)8-5-4-6-13(2)7-8;1-3-12-9(11)8-5-4-6-10(2)7-8;1-10-5-3-4-8(7-10)6-9-11-2/h8H,3-7,9-11H2,1-2H3;8-10H,2-7H2,1H3;1,9-11H,3-8H2;8-9H,2-5,7H2,1H3;5H,3-4,6-7H2,1-2H3;5H,3-4,6-7H2,1-2H3;4,6H,3,5,7H2,1-2H3/b;;;12-10+;;;9-6+/t;8-,9?,10?,11?;9?,10?,11-;;;;/m.10..../s1. The van der Waals surface area contributed by atoms with Crippen LogP contribution < -0.4 is 4.74 Å². The third-order valence-electron chi connectivity index (χ3n) is 20.0. The maximum atomic E-state index is 11.2. The van der Waals surface area contributed by atoms with Crippen molar-refractivity contribution in [1.82, 2.24) is 53.5 Å². The van der Waals surface area contributed by atoms with Crippen molar-refractivity contribution < 1.29 is 33.4 Å². The number of fused-ring (bicyclic) bond motifs is 8. The van der Waals surface area contributed by atoms with Crippen molar-refractivity contribution in [2.75, 3.05) is 140 Å². The summed E-state index contributed by atoms with van der Waals surface area (Å²) in [5, 5.41) is 28.8. The monoisotopic (exact) mass is 1350 g/mol. The van der Waals surface area contributed by atoms with Crippen molar-refractivity contribution in [1.29, 1.82) is 5.26 Å². The molecule has 14 aliphatic rings. The van der Waals surface area contributed by atoms with E-state index in [2.05, 4.69) is 141 Å². The van der Waals surface area contributed by atoms with Crippen LogP contribution in [0.25, 0.3) is 11.1 Å². The lowest BCUT2D eigenvalue weighted by molar-refractivity contribution is -0.138. The summed E-state index contributed by atoms with van der Waals surface area (Å²) >= 11 is 3.36. The molecule has 8 aliphatic heterocycles. The first-order chi connectivity index (χ1) is 46.2. The molecule has 0 amide bonds. The predicted molar refractivity (Wildman–Crippen MR) is 383 cm³/mol. The van der Waals surface area contributed by atoms with Crippen LogP contribution in [0.5, 0.6) is 5.88 Å². The van der Waals surface area contributed by atoms with E-state index in [0.29, 0.717) is 43.0 Å². The number of nitriles is 1. The molecule has 6 saturated carbocycles. The Morgan fingerprint density at radius 2 is 1.46 bits per heavy atom. The van der Waals surface area contributed by atoms with Gasteiger partial charge in [-0.25, -0.2) is 4.79 Å². The number of oxime groups is 2. The largest absolute Gasteiger partial charge is 0.475 e. The van der Waals surface area contributed by atoms with Gasteiger partial charge in [0.2, 0.25) is 5.82 Å². The van der Waals surface area contributed by atoms with Crippen molar-refractivity contribution in [2.24, 2.45) is 45.8 Å². The number of unbranched alkanes of at least 4 members (excludes halogenated alkanes) is 3. The maximum Gasteiger partial charge on any atom is 0.334 e. The highest BCUT2D eigenvalue weighted by Gasteiger charge is 2.52. The van der Waals surface area contributed by atoms with Crippen LogP contribution in [-0.4, -0.2) is 228 Å². The Bertz CT molecular complexity index is 2860. The number of tetrazole rings is 1. The number of terminal acetylenes is 1. The number of likely N-dealkylation sites (N-methyl/N-ethyl adjacent to an activating group) is 4. The van der Waals surface area contributed by atoms with Gasteiger partial charge in [0, 0.05) is 81.7 Å². The molecule has 23 heteroatoms. The van der Waals surface area contributed by atoms with Crippen LogP contribution in [0, 0.1) is 59.2 Å². The number of carbonyl (C=O) groups is 1. The first kappa shape index (κ1) is 77.3. The summed E-state index contributed by atoms with van der Waals surface area (Å²) in [7, 11) is 11.4. The average molecular weight is 1350 g/mol. The molecule has 10 heterocycles. The van der Waals surface area contributed by atoms with Gasteiger partial charge < -0.3 is 53.1 Å². The fraction of sp³-hybridized carbons (Fsp3) is 0.764. The van der Waals surface area contributed by atoms with Crippen LogP contribution in [-0.2, 0) is 35.2 Å². The van der Waals surface area contributed by atoms with Gasteiger partial charge >= 0.3 is 5.97 Å². The van der Waals surface area contributed by atoms with Crippen LogP contribution >= 0.6 is 23.5 Å². The van der Waals surface area contributed by atoms with Gasteiger partial charge in [-0.05, 0) is 217 Å². The summed E-state index contributed by atoms with van der Waals surface area (Å²) in [4.78, 5) is 33.8. The van der Waals surface area contributed by atoms with Crippen molar-refractivity contribution in [2.45, 2.75) is 180 Å². The maximum absolute atomic E-state index is 11.2. The Morgan fingerprint density at radius 3 is 2.01 bits per heavy atom. The lowest BCUT2D eigenvalue weighted by Crippen LogP contribution is -2.49. The Hall–Kier alpha value is -5.08. The third-order valence-corrected chi connectivity index (χ3v) is 22.2. The molecule has 2 aromatic heterocycles. The van der Waals surface area contributed by atoms with Crippen LogP contribution in [0.3, 0.4) is 0 Å². The van der Waals surface area contributed by atoms with Crippen molar-refractivity contribution in [3.8, 4) is 24.3 Å². The molecule has 4 atom stereocenters. The number of nitrogens with zero attached hydrogens (tertiary/aromatic N) is 14. The zero-order valence-corrected chi connectivity index (χ0v) is 61.1. The van der Waals surface area contributed by atoms with E-state index in [1.165, 1.54) is 151 Å². The number of ether oxygens (including phenoxy) is 4. The van der Waals surface area contributed by atoms with E-state index in [1.807, 2.05) is 27.0 Å². The van der Waals surface area contributed by atoms with Gasteiger partial charge in [-0.3, -0.25) is 0 Å². The minimum absolute atomic E-state index is 0.163. The highest BCUT2D eigenvalue weighted by atomic mass is 32.2. The molecular weight excluding hydrogens is 1240 g/mol.